The van der Waals surface area contributed by atoms with Gasteiger partial charge in [-0.15, -0.1) is 0 Å². The zero-order valence-electron chi connectivity index (χ0n) is 12.1. The summed E-state index contributed by atoms with van der Waals surface area (Å²) in [5.74, 6) is 0.405. The predicted octanol–water partition coefficient (Wildman–Crippen LogP) is 3.84. The van der Waals surface area contributed by atoms with E-state index in [1.165, 1.54) is 12.3 Å². The topological polar surface area (TPSA) is 45.1 Å². The van der Waals surface area contributed by atoms with Gasteiger partial charge in [0.2, 0.25) is 0 Å². The number of aliphatic hydroxyl groups is 1. The van der Waals surface area contributed by atoms with Crippen molar-refractivity contribution in [1.29, 1.82) is 0 Å². The van der Waals surface area contributed by atoms with Gasteiger partial charge in [-0.2, -0.15) is 13.2 Å². The zero-order chi connectivity index (χ0) is 15.5. The van der Waals surface area contributed by atoms with Gasteiger partial charge >= 0.3 is 6.18 Å². The Kier molecular flexibility index (Phi) is 4.76. The lowest BCUT2D eigenvalue weighted by atomic mass is 9.78. The Morgan fingerprint density at radius 1 is 1.38 bits per heavy atom. The van der Waals surface area contributed by atoms with E-state index >= 15 is 0 Å². The van der Waals surface area contributed by atoms with Crippen molar-refractivity contribution in [3.8, 4) is 0 Å². The third-order valence-electron chi connectivity index (χ3n) is 4.31. The predicted molar refractivity (Wildman–Crippen MR) is 74.9 cm³/mol. The summed E-state index contributed by atoms with van der Waals surface area (Å²) in [4.78, 5) is 3.75. The van der Waals surface area contributed by atoms with E-state index in [9.17, 15) is 18.3 Å². The molecule has 1 heterocycles. The third-order valence-corrected chi connectivity index (χ3v) is 4.31. The van der Waals surface area contributed by atoms with Crippen molar-refractivity contribution in [2.75, 3.05) is 11.9 Å². The van der Waals surface area contributed by atoms with E-state index < -0.39 is 17.3 Å². The summed E-state index contributed by atoms with van der Waals surface area (Å²) in [6.45, 7) is 2.22. The molecule has 21 heavy (non-hydrogen) atoms. The van der Waals surface area contributed by atoms with Gasteiger partial charge in [0.05, 0.1) is 11.2 Å². The molecule has 0 unspecified atom stereocenters. The molecule has 2 N–H and O–H groups in total. The molecule has 1 aromatic rings. The summed E-state index contributed by atoms with van der Waals surface area (Å²) in [6.07, 6.45) is 1.03. The molecule has 0 bridgehead atoms. The van der Waals surface area contributed by atoms with E-state index in [1.807, 2.05) is 0 Å². The van der Waals surface area contributed by atoms with Crippen molar-refractivity contribution in [2.45, 2.75) is 50.8 Å². The van der Waals surface area contributed by atoms with Crippen LogP contribution >= 0.6 is 0 Å². The molecule has 1 saturated carbocycles. The van der Waals surface area contributed by atoms with E-state index in [-0.39, 0.29) is 12.4 Å². The molecule has 6 heteroatoms. The number of anilines is 1. The lowest BCUT2D eigenvalue weighted by Crippen LogP contribution is -2.41. The highest BCUT2D eigenvalue weighted by Crippen LogP contribution is 2.36. The Morgan fingerprint density at radius 3 is 2.62 bits per heavy atom. The number of rotatable bonds is 4. The van der Waals surface area contributed by atoms with Gasteiger partial charge in [0.1, 0.15) is 5.82 Å². The summed E-state index contributed by atoms with van der Waals surface area (Å²) < 4.78 is 38.6. The van der Waals surface area contributed by atoms with Gasteiger partial charge in [-0.3, -0.25) is 0 Å². The molecular formula is C15H21F3N2O. The summed E-state index contributed by atoms with van der Waals surface area (Å²) in [5.41, 5.74) is -1.73. The van der Waals surface area contributed by atoms with Gasteiger partial charge in [0.25, 0.3) is 0 Å². The Bertz CT molecular complexity index is 468. The van der Waals surface area contributed by atoms with Gasteiger partial charge < -0.3 is 10.4 Å². The number of halogens is 3. The van der Waals surface area contributed by atoms with Crippen LogP contribution in [-0.2, 0) is 6.18 Å². The van der Waals surface area contributed by atoms with Gasteiger partial charge in [0.15, 0.2) is 0 Å². The summed E-state index contributed by atoms with van der Waals surface area (Å²) in [7, 11) is 0. The lowest BCUT2D eigenvalue weighted by molar-refractivity contribution is -0.137. The first-order chi connectivity index (χ1) is 9.84. The van der Waals surface area contributed by atoms with E-state index in [0.717, 1.165) is 25.3 Å². The molecule has 1 fully saturated rings. The fraction of sp³-hybridized carbons (Fsp3) is 0.667. The number of pyridine rings is 1. The number of alkyl halides is 3. The van der Waals surface area contributed by atoms with Crippen LogP contribution in [0, 0.1) is 5.92 Å². The monoisotopic (exact) mass is 302 g/mol. The van der Waals surface area contributed by atoms with Crippen LogP contribution in [0.15, 0.2) is 18.3 Å². The Hall–Kier alpha value is -1.30. The Balaban J connectivity index is 2.01. The molecule has 0 radical (unpaired) electrons. The molecule has 118 valence electrons. The molecule has 1 aromatic heterocycles. The Morgan fingerprint density at radius 2 is 2.05 bits per heavy atom. The zero-order valence-corrected chi connectivity index (χ0v) is 12.1. The highest BCUT2D eigenvalue weighted by Gasteiger charge is 2.36. The lowest BCUT2D eigenvalue weighted by Gasteiger charge is -2.36. The second-order valence-corrected chi connectivity index (χ2v) is 5.83. The Labute approximate surface area is 122 Å². The minimum atomic E-state index is -4.45. The second kappa shape index (κ2) is 6.22. The molecule has 0 spiro atoms. The molecule has 2 rings (SSSR count). The smallest absolute Gasteiger partial charge is 0.388 e. The van der Waals surface area contributed by atoms with Gasteiger partial charge in [-0.05, 0) is 43.7 Å². The van der Waals surface area contributed by atoms with Gasteiger partial charge in [0, 0.05) is 12.7 Å². The van der Waals surface area contributed by atoms with Gasteiger partial charge in [-0.1, -0.05) is 13.3 Å². The maximum atomic E-state index is 12.9. The van der Waals surface area contributed by atoms with Crippen molar-refractivity contribution in [1.82, 2.24) is 4.98 Å². The number of aromatic nitrogens is 1. The standard InChI is InChI=1S/C15H21F3N2O/c1-2-11-5-7-14(21,8-6-11)10-20-13-12(15(16,17)18)4-3-9-19-13/h3-4,9,11,21H,2,5-8,10H2,1H3,(H,19,20). The molecule has 0 aliphatic heterocycles. The van der Waals surface area contributed by atoms with E-state index in [1.54, 1.807) is 0 Å². The molecule has 0 saturated heterocycles. The van der Waals surface area contributed by atoms with E-state index in [4.69, 9.17) is 0 Å². The quantitative estimate of drug-likeness (QED) is 0.888. The van der Waals surface area contributed by atoms with Crippen LogP contribution in [0.5, 0.6) is 0 Å². The normalized spacial score (nSPS) is 26.6. The highest BCUT2D eigenvalue weighted by molar-refractivity contribution is 5.45. The minimum Gasteiger partial charge on any atom is -0.388 e. The van der Waals surface area contributed by atoms with Crippen molar-refractivity contribution < 1.29 is 18.3 Å². The average molecular weight is 302 g/mol. The van der Waals surface area contributed by atoms with Crippen LogP contribution in [0.25, 0.3) is 0 Å². The van der Waals surface area contributed by atoms with Crippen LogP contribution < -0.4 is 5.32 Å². The summed E-state index contributed by atoms with van der Waals surface area (Å²) >= 11 is 0. The minimum absolute atomic E-state index is 0.101. The molecule has 0 atom stereocenters. The van der Waals surface area contributed by atoms with Crippen LogP contribution in [0.2, 0.25) is 0 Å². The van der Waals surface area contributed by atoms with Crippen LogP contribution in [0.4, 0.5) is 19.0 Å². The van der Waals surface area contributed by atoms with Crippen molar-refractivity contribution in [2.24, 2.45) is 5.92 Å². The summed E-state index contributed by atoms with van der Waals surface area (Å²) in [6, 6.07) is 2.25. The molecular weight excluding hydrogens is 281 g/mol. The highest BCUT2D eigenvalue weighted by atomic mass is 19.4. The first-order valence-electron chi connectivity index (χ1n) is 7.32. The third kappa shape index (κ3) is 4.09. The number of hydrogen-bond donors (Lipinski definition) is 2. The maximum absolute atomic E-state index is 12.9. The van der Waals surface area contributed by atoms with Crippen LogP contribution in [-0.4, -0.2) is 22.2 Å². The van der Waals surface area contributed by atoms with E-state index in [2.05, 4.69) is 17.2 Å². The molecule has 0 aromatic carbocycles. The van der Waals surface area contributed by atoms with Crippen LogP contribution in [0.3, 0.4) is 0 Å². The largest absolute Gasteiger partial charge is 0.419 e. The van der Waals surface area contributed by atoms with E-state index in [0.29, 0.717) is 18.8 Å². The number of nitrogens with zero attached hydrogens (tertiary/aromatic N) is 1. The second-order valence-electron chi connectivity index (χ2n) is 5.83. The SMILES string of the molecule is CCC1CCC(O)(CNc2ncccc2C(F)(F)F)CC1. The fourth-order valence-corrected chi connectivity index (χ4v) is 2.82. The van der Waals surface area contributed by atoms with Crippen molar-refractivity contribution in [3.05, 3.63) is 23.9 Å². The first-order valence-corrected chi connectivity index (χ1v) is 7.32. The molecule has 3 nitrogen and oxygen atoms in total. The molecule has 1 aliphatic carbocycles. The average Bonchev–Trinajstić information content (AvgIpc) is 2.45. The van der Waals surface area contributed by atoms with Crippen molar-refractivity contribution in [3.63, 3.8) is 0 Å². The maximum Gasteiger partial charge on any atom is 0.419 e. The van der Waals surface area contributed by atoms with Gasteiger partial charge in [-0.25, -0.2) is 4.98 Å². The number of hydrogen-bond acceptors (Lipinski definition) is 3. The first kappa shape index (κ1) is 16.1. The number of nitrogens with one attached hydrogen (secondary N) is 1. The fourth-order valence-electron chi connectivity index (χ4n) is 2.82. The molecule has 1 aliphatic rings. The van der Waals surface area contributed by atoms with Crippen molar-refractivity contribution >= 4 is 5.82 Å². The summed E-state index contributed by atoms with van der Waals surface area (Å²) in [5, 5.41) is 13.1. The molecule has 0 amide bonds. The van der Waals surface area contributed by atoms with Crippen LogP contribution in [0.1, 0.15) is 44.6 Å².